The van der Waals surface area contributed by atoms with Crippen molar-refractivity contribution in [3.63, 3.8) is 0 Å². The summed E-state index contributed by atoms with van der Waals surface area (Å²) in [5.74, 6) is -1.62. The lowest BCUT2D eigenvalue weighted by Crippen LogP contribution is -2.08. The smallest absolute Gasteiger partial charge is 0.167 e. The summed E-state index contributed by atoms with van der Waals surface area (Å²) in [6, 6.07) is 1.76. The summed E-state index contributed by atoms with van der Waals surface area (Å²) in [4.78, 5) is 0. The SMILES string of the molecule is CC(O)CCOc1cc(F)c(N)cc1F. The highest BCUT2D eigenvalue weighted by Crippen LogP contribution is 2.22. The van der Waals surface area contributed by atoms with E-state index in [1.165, 1.54) is 0 Å². The quantitative estimate of drug-likeness (QED) is 0.755. The molecule has 0 aromatic heterocycles. The van der Waals surface area contributed by atoms with Crippen LogP contribution in [-0.2, 0) is 0 Å². The Labute approximate surface area is 86.5 Å². The molecule has 0 saturated carbocycles. The Kier molecular flexibility index (Phi) is 3.85. The normalized spacial score (nSPS) is 12.5. The standard InChI is InChI=1S/C10H13F2NO2/c1-6(14)2-3-15-10-5-7(11)9(13)4-8(10)12/h4-6,14H,2-3,13H2,1H3. The van der Waals surface area contributed by atoms with Gasteiger partial charge in [-0.1, -0.05) is 0 Å². The van der Waals surface area contributed by atoms with E-state index in [-0.39, 0.29) is 18.0 Å². The minimum absolute atomic E-state index is 0.123. The number of benzene rings is 1. The molecule has 0 aliphatic heterocycles. The molecular formula is C10H13F2NO2. The van der Waals surface area contributed by atoms with E-state index in [1.54, 1.807) is 6.92 Å². The fourth-order valence-corrected chi connectivity index (χ4v) is 0.994. The number of aliphatic hydroxyl groups excluding tert-OH is 1. The van der Waals surface area contributed by atoms with Gasteiger partial charge in [-0.15, -0.1) is 0 Å². The van der Waals surface area contributed by atoms with Crippen LogP contribution in [0.3, 0.4) is 0 Å². The monoisotopic (exact) mass is 217 g/mol. The summed E-state index contributed by atoms with van der Waals surface area (Å²) in [6.45, 7) is 1.71. The number of hydrogen-bond donors (Lipinski definition) is 2. The molecule has 5 heteroatoms. The maximum atomic E-state index is 13.1. The molecular weight excluding hydrogens is 204 g/mol. The topological polar surface area (TPSA) is 55.5 Å². The first-order valence-corrected chi connectivity index (χ1v) is 4.56. The van der Waals surface area contributed by atoms with Crippen LogP contribution in [0.15, 0.2) is 12.1 Å². The molecule has 1 aromatic carbocycles. The third-order valence-corrected chi connectivity index (χ3v) is 1.84. The van der Waals surface area contributed by atoms with Crippen LogP contribution < -0.4 is 10.5 Å². The molecule has 84 valence electrons. The van der Waals surface area contributed by atoms with E-state index in [9.17, 15) is 8.78 Å². The Bertz CT molecular complexity index is 342. The lowest BCUT2D eigenvalue weighted by atomic mass is 10.2. The van der Waals surface area contributed by atoms with Crippen LogP contribution in [-0.4, -0.2) is 17.8 Å². The van der Waals surface area contributed by atoms with E-state index in [0.717, 1.165) is 12.1 Å². The van der Waals surface area contributed by atoms with Crippen molar-refractivity contribution in [2.75, 3.05) is 12.3 Å². The molecule has 0 radical (unpaired) electrons. The molecule has 0 aliphatic carbocycles. The van der Waals surface area contributed by atoms with E-state index >= 15 is 0 Å². The summed E-state index contributed by atoms with van der Waals surface area (Å²) in [6.07, 6.45) is -0.183. The van der Waals surface area contributed by atoms with Crippen molar-refractivity contribution in [3.05, 3.63) is 23.8 Å². The zero-order chi connectivity index (χ0) is 11.4. The number of halogens is 2. The summed E-state index contributed by atoms with van der Waals surface area (Å²) >= 11 is 0. The molecule has 0 spiro atoms. The number of ether oxygens (including phenoxy) is 1. The molecule has 0 fully saturated rings. The van der Waals surface area contributed by atoms with Gasteiger partial charge in [0, 0.05) is 18.6 Å². The number of aliphatic hydroxyl groups is 1. The average molecular weight is 217 g/mol. The molecule has 1 atom stereocenters. The molecule has 0 saturated heterocycles. The molecule has 1 unspecified atom stereocenters. The first-order chi connectivity index (χ1) is 7.00. The number of nitrogen functional groups attached to an aromatic ring is 1. The summed E-state index contributed by atoms with van der Waals surface area (Å²) in [7, 11) is 0. The van der Waals surface area contributed by atoms with Crippen molar-refractivity contribution in [2.45, 2.75) is 19.4 Å². The van der Waals surface area contributed by atoms with E-state index in [2.05, 4.69) is 0 Å². The molecule has 0 bridgehead atoms. The van der Waals surface area contributed by atoms with Crippen molar-refractivity contribution in [1.29, 1.82) is 0 Å². The molecule has 1 aromatic rings. The van der Waals surface area contributed by atoms with Gasteiger partial charge in [0.15, 0.2) is 11.6 Å². The Balaban J connectivity index is 2.65. The van der Waals surface area contributed by atoms with Crippen molar-refractivity contribution in [3.8, 4) is 5.75 Å². The van der Waals surface area contributed by atoms with Crippen LogP contribution >= 0.6 is 0 Å². The highest BCUT2D eigenvalue weighted by molar-refractivity contribution is 5.44. The minimum atomic E-state index is -0.719. The largest absolute Gasteiger partial charge is 0.490 e. The predicted molar refractivity (Wildman–Crippen MR) is 52.6 cm³/mol. The van der Waals surface area contributed by atoms with Gasteiger partial charge in [-0.05, 0) is 6.92 Å². The number of nitrogens with two attached hydrogens (primary N) is 1. The average Bonchev–Trinajstić information content (AvgIpc) is 2.13. The van der Waals surface area contributed by atoms with Gasteiger partial charge < -0.3 is 15.6 Å². The van der Waals surface area contributed by atoms with E-state index in [4.69, 9.17) is 15.6 Å². The fourth-order valence-electron chi connectivity index (χ4n) is 0.994. The van der Waals surface area contributed by atoms with Gasteiger partial charge in [-0.2, -0.15) is 0 Å². The summed E-state index contributed by atoms with van der Waals surface area (Å²) < 4.78 is 31.0. The van der Waals surface area contributed by atoms with Gasteiger partial charge >= 0.3 is 0 Å². The summed E-state index contributed by atoms with van der Waals surface area (Å²) in [5, 5.41) is 8.93. The van der Waals surface area contributed by atoms with Gasteiger partial charge in [0.25, 0.3) is 0 Å². The second kappa shape index (κ2) is 4.93. The highest BCUT2D eigenvalue weighted by Gasteiger charge is 2.09. The molecule has 0 heterocycles. The Morgan fingerprint density at radius 1 is 1.40 bits per heavy atom. The highest BCUT2D eigenvalue weighted by atomic mass is 19.1. The minimum Gasteiger partial charge on any atom is -0.490 e. The number of hydrogen-bond acceptors (Lipinski definition) is 3. The maximum absolute atomic E-state index is 13.1. The maximum Gasteiger partial charge on any atom is 0.167 e. The van der Waals surface area contributed by atoms with Gasteiger partial charge in [0.2, 0.25) is 0 Å². The first kappa shape index (κ1) is 11.7. The van der Waals surface area contributed by atoms with Crippen LogP contribution in [0.2, 0.25) is 0 Å². The van der Waals surface area contributed by atoms with Crippen molar-refractivity contribution < 1.29 is 18.6 Å². The molecule has 0 aliphatic rings. The van der Waals surface area contributed by atoms with Crippen molar-refractivity contribution in [2.24, 2.45) is 0 Å². The Hall–Kier alpha value is -1.36. The molecule has 3 N–H and O–H groups in total. The lowest BCUT2D eigenvalue weighted by Gasteiger charge is -2.09. The second-order valence-corrected chi connectivity index (χ2v) is 3.29. The van der Waals surface area contributed by atoms with Crippen molar-refractivity contribution >= 4 is 5.69 Å². The molecule has 1 rings (SSSR count). The Morgan fingerprint density at radius 2 is 2.07 bits per heavy atom. The van der Waals surface area contributed by atoms with Crippen LogP contribution in [0.4, 0.5) is 14.5 Å². The van der Waals surface area contributed by atoms with Gasteiger partial charge in [0.1, 0.15) is 5.82 Å². The van der Waals surface area contributed by atoms with Crippen LogP contribution in [0.1, 0.15) is 13.3 Å². The third-order valence-electron chi connectivity index (χ3n) is 1.84. The van der Waals surface area contributed by atoms with Gasteiger partial charge in [-0.25, -0.2) is 8.78 Å². The fraction of sp³-hybridized carbons (Fsp3) is 0.400. The van der Waals surface area contributed by atoms with Crippen LogP contribution in [0, 0.1) is 11.6 Å². The van der Waals surface area contributed by atoms with Crippen LogP contribution in [0.5, 0.6) is 5.75 Å². The van der Waals surface area contributed by atoms with Gasteiger partial charge in [-0.3, -0.25) is 0 Å². The van der Waals surface area contributed by atoms with E-state index in [0.29, 0.717) is 6.42 Å². The molecule has 15 heavy (non-hydrogen) atoms. The van der Waals surface area contributed by atoms with Crippen LogP contribution in [0.25, 0.3) is 0 Å². The zero-order valence-corrected chi connectivity index (χ0v) is 8.34. The number of rotatable bonds is 4. The lowest BCUT2D eigenvalue weighted by molar-refractivity contribution is 0.153. The van der Waals surface area contributed by atoms with E-state index < -0.39 is 17.7 Å². The Morgan fingerprint density at radius 3 is 2.67 bits per heavy atom. The summed E-state index contributed by atoms with van der Waals surface area (Å²) in [5.41, 5.74) is 4.90. The van der Waals surface area contributed by atoms with Gasteiger partial charge in [0.05, 0.1) is 18.4 Å². The predicted octanol–water partition coefficient (Wildman–Crippen LogP) is 1.70. The zero-order valence-electron chi connectivity index (χ0n) is 8.34. The third kappa shape index (κ3) is 3.36. The molecule has 3 nitrogen and oxygen atoms in total. The van der Waals surface area contributed by atoms with E-state index in [1.807, 2.05) is 0 Å². The number of anilines is 1. The first-order valence-electron chi connectivity index (χ1n) is 4.56. The second-order valence-electron chi connectivity index (χ2n) is 3.29. The molecule has 0 amide bonds. The van der Waals surface area contributed by atoms with Crippen molar-refractivity contribution in [1.82, 2.24) is 0 Å².